The summed E-state index contributed by atoms with van der Waals surface area (Å²) in [7, 11) is 1.39. The Morgan fingerprint density at radius 3 is 2.96 bits per heavy atom. The highest BCUT2D eigenvalue weighted by atomic mass is 32.1. The van der Waals surface area contributed by atoms with E-state index in [-0.39, 0.29) is 18.5 Å². The molecule has 1 aliphatic rings. The summed E-state index contributed by atoms with van der Waals surface area (Å²) in [5.41, 5.74) is 5.00. The normalized spacial score (nSPS) is 13.1. The summed E-state index contributed by atoms with van der Waals surface area (Å²) in [6.45, 7) is 2.57. The van der Waals surface area contributed by atoms with Crippen molar-refractivity contribution in [2.45, 2.75) is 32.6 Å². The van der Waals surface area contributed by atoms with Crippen molar-refractivity contribution in [3.8, 4) is 5.75 Å². The molecule has 1 heterocycles. The quantitative estimate of drug-likeness (QED) is 0.204. The van der Waals surface area contributed by atoms with Gasteiger partial charge in [-0.25, -0.2) is 0 Å². The zero-order valence-electron chi connectivity index (χ0n) is 15.5. The van der Waals surface area contributed by atoms with Gasteiger partial charge < -0.3 is 20.1 Å². The molecule has 9 heteroatoms. The number of thiocarbonyl (C=S) groups is 1. The van der Waals surface area contributed by atoms with E-state index in [9.17, 15) is 9.59 Å². The van der Waals surface area contributed by atoms with Gasteiger partial charge in [0, 0.05) is 13.0 Å². The second-order valence-electron chi connectivity index (χ2n) is 6.00. The molecule has 2 rings (SSSR count). The SMILES string of the molecule is COC(=O)CCCCCNC(=S)N/N=C(/C)c1ccc2c(c1)NC(=O)CO2. The lowest BCUT2D eigenvalue weighted by Crippen LogP contribution is -2.33. The van der Waals surface area contributed by atoms with Crippen molar-refractivity contribution in [2.75, 3.05) is 25.6 Å². The monoisotopic (exact) mass is 392 g/mol. The molecule has 0 bridgehead atoms. The number of amides is 1. The van der Waals surface area contributed by atoms with E-state index in [0.29, 0.717) is 29.5 Å². The number of nitrogens with zero attached hydrogens (tertiary/aromatic N) is 1. The van der Waals surface area contributed by atoms with E-state index in [1.165, 1.54) is 7.11 Å². The number of nitrogens with one attached hydrogen (secondary N) is 3. The number of hydrogen-bond donors (Lipinski definition) is 3. The fourth-order valence-corrected chi connectivity index (χ4v) is 2.57. The zero-order valence-corrected chi connectivity index (χ0v) is 16.3. The Balaban J connectivity index is 1.73. The Hall–Kier alpha value is -2.68. The summed E-state index contributed by atoms with van der Waals surface area (Å²) >= 11 is 5.19. The first kappa shape index (κ1) is 20.6. The van der Waals surface area contributed by atoms with E-state index in [1.54, 1.807) is 6.07 Å². The molecule has 0 atom stereocenters. The zero-order chi connectivity index (χ0) is 19.6. The third kappa shape index (κ3) is 6.86. The summed E-state index contributed by atoms with van der Waals surface area (Å²) in [4.78, 5) is 22.4. The van der Waals surface area contributed by atoms with Gasteiger partial charge in [-0.05, 0) is 55.7 Å². The van der Waals surface area contributed by atoms with Crippen molar-refractivity contribution < 1.29 is 19.1 Å². The first-order chi connectivity index (χ1) is 13.0. The fraction of sp³-hybridized carbons (Fsp3) is 0.444. The number of carbonyl (C=O) groups excluding carboxylic acids is 2. The van der Waals surface area contributed by atoms with E-state index in [4.69, 9.17) is 17.0 Å². The van der Waals surface area contributed by atoms with Gasteiger partial charge in [0.2, 0.25) is 0 Å². The van der Waals surface area contributed by atoms with Gasteiger partial charge in [0.1, 0.15) is 5.75 Å². The lowest BCUT2D eigenvalue weighted by molar-refractivity contribution is -0.140. The number of rotatable bonds is 8. The molecule has 0 spiro atoms. The van der Waals surface area contributed by atoms with Crippen molar-refractivity contribution in [3.05, 3.63) is 23.8 Å². The maximum absolute atomic E-state index is 11.4. The van der Waals surface area contributed by atoms with E-state index >= 15 is 0 Å². The van der Waals surface area contributed by atoms with Crippen LogP contribution in [0.25, 0.3) is 0 Å². The highest BCUT2D eigenvalue weighted by molar-refractivity contribution is 7.80. The van der Waals surface area contributed by atoms with Crippen LogP contribution < -0.4 is 20.8 Å². The van der Waals surface area contributed by atoms with E-state index < -0.39 is 0 Å². The summed E-state index contributed by atoms with van der Waals surface area (Å²) in [5, 5.41) is 10.5. The summed E-state index contributed by atoms with van der Waals surface area (Å²) in [6, 6.07) is 5.48. The van der Waals surface area contributed by atoms with Crippen LogP contribution in [0.4, 0.5) is 5.69 Å². The highest BCUT2D eigenvalue weighted by Gasteiger charge is 2.16. The van der Waals surface area contributed by atoms with E-state index in [2.05, 4.69) is 25.9 Å². The predicted octanol–water partition coefficient (Wildman–Crippen LogP) is 1.94. The first-order valence-electron chi connectivity index (χ1n) is 8.71. The number of hydrazone groups is 1. The Morgan fingerprint density at radius 1 is 1.37 bits per heavy atom. The number of carbonyl (C=O) groups is 2. The van der Waals surface area contributed by atoms with Crippen LogP contribution in [0.3, 0.4) is 0 Å². The van der Waals surface area contributed by atoms with Crippen LogP contribution in [-0.2, 0) is 14.3 Å². The summed E-state index contributed by atoms with van der Waals surface area (Å²) in [6.07, 6.45) is 3.04. The third-order valence-corrected chi connectivity index (χ3v) is 4.16. The molecule has 0 aliphatic carbocycles. The van der Waals surface area contributed by atoms with Crippen molar-refractivity contribution >= 4 is 40.6 Å². The molecule has 3 N–H and O–H groups in total. The lowest BCUT2D eigenvalue weighted by Gasteiger charge is -2.18. The molecule has 0 fully saturated rings. The highest BCUT2D eigenvalue weighted by Crippen LogP contribution is 2.28. The van der Waals surface area contributed by atoms with E-state index in [1.807, 2.05) is 19.1 Å². The van der Waals surface area contributed by atoms with Gasteiger partial charge in [-0.3, -0.25) is 15.0 Å². The molecule has 0 radical (unpaired) electrons. The van der Waals surface area contributed by atoms with Gasteiger partial charge in [0.15, 0.2) is 11.7 Å². The smallest absolute Gasteiger partial charge is 0.305 e. The number of benzene rings is 1. The second-order valence-corrected chi connectivity index (χ2v) is 6.41. The molecule has 0 aromatic heterocycles. The van der Waals surface area contributed by atoms with Crippen molar-refractivity contribution in [2.24, 2.45) is 5.10 Å². The van der Waals surface area contributed by atoms with Gasteiger partial charge in [0.05, 0.1) is 18.5 Å². The molecular formula is C18H24N4O4S. The molecule has 1 aromatic rings. The van der Waals surface area contributed by atoms with Crippen LogP contribution in [0.1, 0.15) is 38.2 Å². The van der Waals surface area contributed by atoms with Crippen LogP contribution >= 0.6 is 12.2 Å². The van der Waals surface area contributed by atoms with Crippen LogP contribution in [0, 0.1) is 0 Å². The van der Waals surface area contributed by atoms with E-state index in [0.717, 1.165) is 30.5 Å². The fourth-order valence-electron chi connectivity index (χ4n) is 2.42. The molecule has 1 aromatic carbocycles. The number of fused-ring (bicyclic) bond motifs is 1. The molecule has 1 aliphatic heterocycles. The van der Waals surface area contributed by atoms with Crippen molar-refractivity contribution in [3.63, 3.8) is 0 Å². The van der Waals surface area contributed by atoms with Crippen molar-refractivity contribution in [1.29, 1.82) is 0 Å². The number of anilines is 1. The standard InChI is InChI=1S/C18H24N4O4S/c1-12(13-7-8-15-14(10-13)20-16(23)11-26-15)21-22-18(27)19-9-5-3-4-6-17(24)25-2/h7-8,10H,3-6,9,11H2,1-2H3,(H,20,23)(H2,19,22,27)/b21-12-. The van der Waals surface area contributed by atoms with Crippen LogP contribution in [0.5, 0.6) is 5.75 Å². The second kappa shape index (κ2) is 10.5. The molecule has 146 valence electrons. The van der Waals surface area contributed by atoms with Gasteiger partial charge in [-0.15, -0.1) is 0 Å². The average Bonchev–Trinajstić information content (AvgIpc) is 2.67. The topological polar surface area (TPSA) is 101 Å². The minimum absolute atomic E-state index is 0.0314. The van der Waals surface area contributed by atoms with Crippen LogP contribution in [0.2, 0.25) is 0 Å². The Bertz CT molecular complexity index is 736. The Kier molecular flexibility index (Phi) is 8.00. The van der Waals surface area contributed by atoms with Gasteiger partial charge in [0.25, 0.3) is 5.91 Å². The summed E-state index contributed by atoms with van der Waals surface area (Å²) in [5.74, 6) is 0.283. The van der Waals surface area contributed by atoms with Gasteiger partial charge in [-0.2, -0.15) is 5.10 Å². The first-order valence-corrected chi connectivity index (χ1v) is 9.12. The number of esters is 1. The Morgan fingerprint density at radius 2 is 2.19 bits per heavy atom. The van der Waals surface area contributed by atoms with Crippen molar-refractivity contribution in [1.82, 2.24) is 10.7 Å². The number of ether oxygens (including phenoxy) is 2. The minimum Gasteiger partial charge on any atom is -0.482 e. The van der Waals surface area contributed by atoms with Gasteiger partial charge >= 0.3 is 5.97 Å². The maximum Gasteiger partial charge on any atom is 0.305 e. The predicted molar refractivity (Wildman–Crippen MR) is 107 cm³/mol. The molecule has 27 heavy (non-hydrogen) atoms. The molecule has 8 nitrogen and oxygen atoms in total. The third-order valence-electron chi connectivity index (χ3n) is 3.93. The lowest BCUT2D eigenvalue weighted by atomic mass is 10.1. The average molecular weight is 392 g/mol. The molecule has 0 unspecified atom stereocenters. The number of methoxy groups -OCH3 is 1. The minimum atomic E-state index is -0.182. The largest absolute Gasteiger partial charge is 0.482 e. The number of hydrogen-bond acceptors (Lipinski definition) is 6. The molecule has 0 saturated carbocycles. The summed E-state index contributed by atoms with van der Waals surface area (Å²) < 4.78 is 9.93. The molecule has 0 saturated heterocycles. The maximum atomic E-state index is 11.4. The van der Waals surface area contributed by atoms with Crippen LogP contribution in [0.15, 0.2) is 23.3 Å². The molecule has 1 amide bonds. The van der Waals surface area contributed by atoms with Crippen LogP contribution in [-0.4, -0.2) is 43.0 Å². The van der Waals surface area contributed by atoms with Gasteiger partial charge in [-0.1, -0.05) is 6.42 Å². The molecular weight excluding hydrogens is 368 g/mol. The number of unbranched alkanes of at least 4 members (excludes halogenated alkanes) is 2. The Labute approximate surface area is 163 Å².